The Labute approximate surface area is 111 Å². The number of hydrogen-bond acceptors (Lipinski definition) is 5. The van der Waals surface area contributed by atoms with Crippen LogP contribution in [0.1, 0.15) is 5.56 Å². The van der Waals surface area contributed by atoms with E-state index in [4.69, 9.17) is 19.9 Å². The summed E-state index contributed by atoms with van der Waals surface area (Å²) in [6.45, 7) is 0.370. The van der Waals surface area contributed by atoms with Crippen molar-refractivity contribution in [1.29, 1.82) is 0 Å². The lowest BCUT2D eigenvalue weighted by molar-refractivity contribution is 0.345. The number of benzene rings is 1. The van der Waals surface area contributed by atoms with Crippen LogP contribution in [0, 0.1) is 0 Å². The second kappa shape index (κ2) is 6.06. The lowest BCUT2D eigenvalue weighted by Gasteiger charge is -2.15. The molecule has 5 nitrogen and oxygen atoms in total. The van der Waals surface area contributed by atoms with Crippen molar-refractivity contribution in [3.63, 3.8) is 0 Å². The zero-order chi connectivity index (χ0) is 13.7. The monoisotopic (exact) mass is 260 g/mol. The van der Waals surface area contributed by atoms with E-state index in [1.807, 2.05) is 12.1 Å². The van der Waals surface area contributed by atoms with Crippen LogP contribution < -0.4 is 19.9 Å². The van der Waals surface area contributed by atoms with Gasteiger partial charge in [0.2, 0.25) is 5.75 Å². The minimum atomic E-state index is 0.370. The first-order valence-corrected chi connectivity index (χ1v) is 5.82. The van der Waals surface area contributed by atoms with Gasteiger partial charge in [0, 0.05) is 18.3 Å². The molecule has 0 amide bonds. The summed E-state index contributed by atoms with van der Waals surface area (Å²) >= 11 is 0. The van der Waals surface area contributed by atoms with Gasteiger partial charge in [-0.15, -0.1) is 0 Å². The highest BCUT2D eigenvalue weighted by molar-refractivity contribution is 5.53. The summed E-state index contributed by atoms with van der Waals surface area (Å²) < 4.78 is 16.4. The number of hydrogen-bond donors (Lipinski definition) is 1. The van der Waals surface area contributed by atoms with Gasteiger partial charge in [0.05, 0.1) is 20.4 Å². The third-order valence-electron chi connectivity index (χ3n) is 2.68. The van der Waals surface area contributed by atoms with Crippen molar-refractivity contribution in [2.24, 2.45) is 5.73 Å². The highest BCUT2D eigenvalue weighted by Gasteiger charge is 2.14. The number of nitrogens with two attached hydrogens (primary N) is 1. The molecular weight excluding hydrogens is 244 g/mol. The summed E-state index contributed by atoms with van der Waals surface area (Å²) in [6, 6.07) is 7.25. The first-order valence-electron chi connectivity index (χ1n) is 5.82. The fourth-order valence-electron chi connectivity index (χ4n) is 1.70. The zero-order valence-electron chi connectivity index (χ0n) is 10.9. The average molecular weight is 260 g/mol. The molecular formula is C14H16N2O3. The molecule has 0 bridgehead atoms. The third-order valence-corrected chi connectivity index (χ3v) is 2.68. The van der Waals surface area contributed by atoms with E-state index in [-0.39, 0.29) is 0 Å². The molecule has 1 heterocycles. The van der Waals surface area contributed by atoms with E-state index in [0.29, 0.717) is 29.5 Å². The molecule has 0 atom stereocenters. The normalized spacial score (nSPS) is 10.1. The number of ether oxygens (including phenoxy) is 3. The summed E-state index contributed by atoms with van der Waals surface area (Å²) in [4.78, 5) is 4.04. The number of rotatable bonds is 5. The lowest BCUT2D eigenvalue weighted by Crippen LogP contribution is -2.01. The van der Waals surface area contributed by atoms with Crippen molar-refractivity contribution in [3.8, 4) is 23.0 Å². The van der Waals surface area contributed by atoms with Crippen LogP contribution in [0.4, 0.5) is 0 Å². The van der Waals surface area contributed by atoms with Crippen molar-refractivity contribution >= 4 is 0 Å². The van der Waals surface area contributed by atoms with E-state index >= 15 is 0 Å². The second-order valence-electron chi connectivity index (χ2n) is 3.78. The minimum Gasteiger partial charge on any atom is -0.493 e. The Morgan fingerprint density at radius 3 is 2.32 bits per heavy atom. The molecule has 0 fully saturated rings. The Hall–Kier alpha value is -2.27. The Morgan fingerprint density at radius 2 is 1.74 bits per heavy atom. The Balaban J connectivity index is 2.42. The smallest absolute Gasteiger partial charge is 0.211 e. The first-order chi connectivity index (χ1) is 9.30. The van der Waals surface area contributed by atoms with E-state index in [1.54, 1.807) is 38.7 Å². The molecule has 5 heteroatoms. The highest BCUT2D eigenvalue weighted by Crippen LogP contribution is 2.40. The first kappa shape index (κ1) is 13.2. The van der Waals surface area contributed by atoms with Gasteiger partial charge < -0.3 is 19.9 Å². The van der Waals surface area contributed by atoms with E-state index in [2.05, 4.69) is 4.98 Å². The predicted octanol–water partition coefficient (Wildman–Crippen LogP) is 2.35. The second-order valence-corrected chi connectivity index (χ2v) is 3.78. The number of nitrogens with zero attached hydrogens (tertiary/aromatic N) is 1. The Kier molecular flexibility index (Phi) is 4.20. The van der Waals surface area contributed by atoms with E-state index in [9.17, 15) is 0 Å². The van der Waals surface area contributed by atoms with E-state index in [0.717, 1.165) is 5.56 Å². The Morgan fingerprint density at radius 1 is 1.05 bits per heavy atom. The molecule has 19 heavy (non-hydrogen) atoms. The Bertz CT molecular complexity index is 536. The molecule has 0 radical (unpaired) electrons. The van der Waals surface area contributed by atoms with Gasteiger partial charge in [-0.1, -0.05) is 6.07 Å². The fraction of sp³-hybridized carbons (Fsp3) is 0.214. The van der Waals surface area contributed by atoms with E-state index < -0.39 is 0 Å². The molecule has 0 aliphatic heterocycles. The molecule has 100 valence electrons. The molecule has 0 spiro atoms. The number of aromatic nitrogens is 1. The van der Waals surface area contributed by atoms with Crippen LogP contribution in [0.2, 0.25) is 0 Å². The molecule has 1 aromatic heterocycles. The quantitative estimate of drug-likeness (QED) is 0.893. The van der Waals surface area contributed by atoms with Gasteiger partial charge in [0.25, 0.3) is 0 Å². The standard InChI is InChI=1S/C14H16N2O3/c1-17-11-4-3-5-12(18-2)14(11)19-13-9-16-7-6-10(13)8-15/h3-7,9H,8,15H2,1-2H3. The predicted molar refractivity (Wildman–Crippen MR) is 71.7 cm³/mol. The lowest BCUT2D eigenvalue weighted by atomic mass is 10.2. The molecule has 2 aromatic rings. The minimum absolute atomic E-state index is 0.370. The van der Waals surface area contributed by atoms with Crippen LogP contribution in [0.5, 0.6) is 23.0 Å². The van der Waals surface area contributed by atoms with Crippen LogP contribution >= 0.6 is 0 Å². The molecule has 0 unspecified atom stereocenters. The van der Waals surface area contributed by atoms with Gasteiger partial charge in [-0.3, -0.25) is 4.98 Å². The maximum Gasteiger partial charge on any atom is 0.211 e. The van der Waals surface area contributed by atoms with Gasteiger partial charge in [-0.2, -0.15) is 0 Å². The average Bonchev–Trinajstić information content (AvgIpc) is 2.48. The van der Waals surface area contributed by atoms with E-state index in [1.165, 1.54) is 0 Å². The summed E-state index contributed by atoms with van der Waals surface area (Å²) in [7, 11) is 3.16. The van der Waals surface area contributed by atoms with Crippen LogP contribution in [-0.2, 0) is 6.54 Å². The van der Waals surface area contributed by atoms with Crippen molar-refractivity contribution in [2.75, 3.05) is 14.2 Å². The molecule has 0 saturated carbocycles. The molecule has 0 aliphatic rings. The van der Waals surface area contributed by atoms with Crippen molar-refractivity contribution < 1.29 is 14.2 Å². The maximum atomic E-state index is 5.85. The molecule has 0 saturated heterocycles. The van der Waals surface area contributed by atoms with Crippen molar-refractivity contribution in [2.45, 2.75) is 6.54 Å². The number of methoxy groups -OCH3 is 2. The molecule has 0 aliphatic carbocycles. The number of para-hydroxylation sites is 1. The molecule has 2 N–H and O–H groups in total. The highest BCUT2D eigenvalue weighted by atomic mass is 16.5. The summed E-state index contributed by atoms with van der Waals surface area (Å²) in [5.41, 5.74) is 6.54. The topological polar surface area (TPSA) is 66.6 Å². The van der Waals surface area contributed by atoms with Crippen LogP contribution in [0.15, 0.2) is 36.7 Å². The van der Waals surface area contributed by atoms with Crippen molar-refractivity contribution in [1.82, 2.24) is 4.98 Å². The van der Waals surface area contributed by atoms with Crippen LogP contribution in [0.3, 0.4) is 0 Å². The van der Waals surface area contributed by atoms with Gasteiger partial charge >= 0.3 is 0 Å². The third kappa shape index (κ3) is 2.77. The van der Waals surface area contributed by atoms with Gasteiger partial charge in [-0.05, 0) is 18.2 Å². The summed E-state index contributed by atoms with van der Waals surface area (Å²) in [5, 5.41) is 0. The number of pyridine rings is 1. The molecule has 1 aromatic carbocycles. The molecule has 2 rings (SSSR count). The fourth-order valence-corrected chi connectivity index (χ4v) is 1.70. The van der Waals surface area contributed by atoms with Crippen LogP contribution in [0.25, 0.3) is 0 Å². The van der Waals surface area contributed by atoms with Gasteiger partial charge in [0.15, 0.2) is 17.2 Å². The summed E-state index contributed by atoms with van der Waals surface area (Å²) in [5.74, 6) is 2.28. The maximum absolute atomic E-state index is 5.85. The van der Waals surface area contributed by atoms with Crippen LogP contribution in [-0.4, -0.2) is 19.2 Å². The van der Waals surface area contributed by atoms with Gasteiger partial charge in [0.1, 0.15) is 0 Å². The largest absolute Gasteiger partial charge is 0.493 e. The zero-order valence-corrected chi connectivity index (χ0v) is 10.9. The van der Waals surface area contributed by atoms with Crippen molar-refractivity contribution in [3.05, 3.63) is 42.2 Å². The van der Waals surface area contributed by atoms with Gasteiger partial charge in [-0.25, -0.2) is 0 Å². The SMILES string of the molecule is COc1cccc(OC)c1Oc1cnccc1CN. The summed E-state index contributed by atoms with van der Waals surface area (Å²) in [6.07, 6.45) is 3.29.